The van der Waals surface area contributed by atoms with Crippen LogP contribution in [-0.2, 0) is 6.54 Å². The maximum absolute atomic E-state index is 13.1. The van der Waals surface area contributed by atoms with E-state index in [0.29, 0.717) is 6.54 Å². The molecule has 4 rings (SSSR count). The molecule has 6 nitrogen and oxygen atoms in total. The molecular weight excluding hydrogens is 376 g/mol. The van der Waals surface area contributed by atoms with Crippen molar-refractivity contribution < 1.29 is 4.74 Å². The zero-order valence-corrected chi connectivity index (χ0v) is 18.3. The van der Waals surface area contributed by atoms with Crippen LogP contribution in [0.3, 0.4) is 0 Å². The summed E-state index contributed by atoms with van der Waals surface area (Å²) in [4.78, 5) is 17.7. The summed E-state index contributed by atoms with van der Waals surface area (Å²) in [5.74, 6) is 0.805. The van der Waals surface area contributed by atoms with Crippen molar-refractivity contribution in [3.05, 3.63) is 80.5 Å². The van der Waals surface area contributed by atoms with E-state index in [2.05, 4.69) is 11.9 Å². The lowest BCUT2D eigenvalue weighted by Crippen LogP contribution is -2.23. The monoisotopic (exact) mass is 402 g/mol. The molecule has 0 bridgehead atoms. The zero-order valence-electron chi connectivity index (χ0n) is 18.3. The van der Waals surface area contributed by atoms with E-state index in [4.69, 9.17) is 9.84 Å². The average Bonchev–Trinajstić information content (AvgIpc) is 3.05. The zero-order chi connectivity index (χ0) is 21.6. The summed E-state index contributed by atoms with van der Waals surface area (Å²) in [6, 6.07) is 9.82. The Morgan fingerprint density at radius 1 is 1.00 bits per heavy atom. The fraction of sp³-hybridized carbons (Fsp3) is 0.292. The second-order valence-electron chi connectivity index (χ2n) is 7.83. The first-order valence-corrected chi connectivity index (χ1v) is 9.97. The highest BCUT2D eigenvalue weighted by Gasteiger charge is 2.19. The summed E-state index contributed by atoms with van der Waals surface area (Å²) < 4.78 is 9.17. The van der Waals surface area contributed by atoms with E-state index in [1.165, 1.54) is 5.56 Å². The van der Waals surface area contributed by atoms with Gasteiger partial charge in [-0.2, -0.15) is 5.10 Å². The van der Waals surface area contributed by atoms with Gasteiger partial charge in [0.2, 0.25) is 0 Å². The molecule has 0 fully saturated rings. The van der Waals surface area contributed by atoms with Crippen LogP contribution in [-0.4, -0.2) is 26.4 Å². The molecule has 154 valence electrons. The summed E-state index contributed by atoms with van der Waals surface area (Å²) in [6.07, 6.45) is 1.79. The number of methoxy groups -OCH3 is 1. The SMILES string of the molecule is COc1c(C)cnc(Cn2c(=O)cc(C)c3c(C)nn(-c4ccc(C)cc4)c32)c1C. The third-order valence-electron chi connectivity index (χ3n) is 5.63. The third-order valence-corrected chi connectivity index (χ3v) is 5.63. The van der Waals surface area contributed by atoms with E-state index in [0.717, 1.165) is 50.5 Å². The Morgan fingerprint density at radius 3 is 2.37 bits per heavy atom. The van der Waals surface area contributed by atoms with Crippen LogP contribution in [0.2, 0.25) is 0 Å². The number of aryl methyl sites for hydroxylation is 4. The Hall–Kier alpha value is -3.41. The van der Waals surface area contributed by atoms with E-state index in [-0.39, 0.29) is 5.56 Å². The van der Waals surface area contributed by atoms with Crippen molar-refractivity contribution in [3.8, 4) is 11.4 Å². The van der Waals surface area contributed by atoms with Crippen LogP contribution < -0.4 is 10.3 Å². The van der Waals surface area contributed by atoms with Crippen molar-refractivity contribution in [2.24, 2.45) is 0 Å². The Balaban J connectivity index is 1.99. The minimum atomic E-state index is -0.0750. The van der Waals surface area contributed by atoms with Gasteiger partial charge in [-0.3, -0.25) is 14.3 Å². The van der Waals surface area contributed by atoms with Crippen LogP contribution in [0.25, 0.3) is 16.7 Å². The van der Waals surface area contributed by atoms with Gasteiger partial charge in [0.1, 0.15) is 11.4 Å². The van der Waals surface area contributed by atoms with Crippen molar-refractivity contribution in [2.45, 2.75) is 41.2 Å². The number of fused-ring (bicyclic) bond motifs is 1. The molecule has 0 amide bonds. The van der Waals surface area contributed by atoms with Crippen molar-refractivity contribution in [3.63, 3.8) is 0 Å². The maximum atomic E-state index is 13.1. The second kappa shape index (κ2) is 7.44. The van der Waals surface area contributed by atoms with Crippen molar-refractivity contribution >= 4 is 11.0 Å². The number of nitrogens with zero attached hydrogens (tertiary/aromatic N) is 4. The molecular formula is C24H26N4O2. The lowest BCUT2D eigenvalue weighted by molar-refractivity contribution is 0.406. The molecule has 0 atom stereocenters. The fourth-order valence-corrected chi connectivity index (χ4v) is 4.06. The van der Waals surface area contributed by atoms with E-state index >= 15 is 0 Å². The number of rotatable bonds is 4. The fourth-order valence-electron chi connectivity index (χ4n) is 4.06. The molecule has 30 heavy (non-hydrogen) atoms. The Labute approximate surface area is 175 Å². The number of pyridine rings is 2. The van der Waals surface area contributed by atoms with Gasteiger partial charge >= 0.3 is 0 Å². The molecule has 3 heterocycles. The van der Waals surface area contributed by atoms with E-state index < -0.39 is 0 Å². The average molecular weight is 402 g/mol. The Morgan fingerprint density at radius 2 is 1.70 bits per heavy atom. The number of aromatic nitrogens is 4. The smallest absolute Gasteiger partial charge is 0.252 e. The Kier molecular flexibility index (Phi) is 4.94. The first-order chi connectivity index (χ1) is 14.3. The molecule has 0 radical (unpaired) electrons. The van der Waals surface area contributed by atoms with Gasteiger partial charge in [0.25, 0.3) is 5.56 Å². The lowest BCUT2D eigenvalue weighted by atomic mass is 10.1. The quantitative estimate of drug-likeness (QED) is 0.514. The summed E-state index contributed by atoms with van der Waals surface area (Å²) in [5.41, 5.74) is 7.33. The molecule has 3 aromatic heterocycles. The molecule has 0 N–H and O–H groups in total. The summed E-state index contributed by atoms with van der Waals surface area (Å²) in [7, 11) is 1.66. The van der Waals surface area contributed by atoms with Gasteiger partial charge < -0.3 is 4.74 Å². The van der Waals surface area contributed by atoms with Gasteiger partial charge in [-0.1, -0.05) is 17.7 Å². The molecule has 4 aromatic rings. The second-order valence-corrected chi connectivity index (χ2v) is 7.83. The van der Waals surface area contributed by atoms with Crippen LogP contribution in [0.4, 0.5) is 0 Å². The highest BCUT2D eigenvalue weighted by Crippen LogP contribution is 2.27. The van der Waals surface area contributed by atoms with Gasteiger partial charge in [0.15, 0.2) is 0 Å². The van der Waals surface area contributed by atoms with Crippen molar-refractivity contribution in [1.29, 1.82) is 0 Å². The topological polar surface area (TPSA) is 61.9 Å². The molecule has 0 aliphatic carbocycles. The maximum Gasteiger partial charge on any atom is 0.252 e. The minimum absolute atomic E-state index is 0.0750. The van der Waals surface area contributed by atoms with Gasteiger partial charge in [-0.15, -0.1) is 0 Å². The van der Waals surface area contributed by atoms with Crippen LogP contribution in [0.5, 0.6) is 5.75 Å². The third kappa shape index (κ3) is 3.18. The predicted molar refractivity (Wildman–Crippen MR) is 119 cm³/mol. The van der Waals surface area contributed by atoms with Crippen LogP contribution in [0, 0.1) is 34.6 Å². The first-order valence-electron chi connectivity index (χ1n) is 9.97. The summed E-state index contributed by atoms with van der Waals surface area (Å²) in [6.45, 7) is 10.3. The molecule has 0 spiro atoms. The molecule has 1 aromatic carbocycles. The molecule has 0 aliphatic rings. The van der Waals surface area contributed by atoms with Crippen molar-refractivity contribution in [1.82, 2.24) is 19.3 Å². The van der Waals surface area contributed by atoms with E-state index in [1.54, 1.807) is 23.9 Å². The first kappa shape index (κ1) is 19.9. The summed E-state index contributed by atoms with van der Waals surface area (Å²) in [5, 5.41) is 5.77. The number of benzene rings is 1. The van der Waals surface area contributed by atoms with Crippen LogP contribution >= 0.6 is 0 Å². The molecule has 6 heteroatoms. The van der Waals surface area contributed by atoms with Crippen LogP contribution in [0.15, 0.2) is 41.3 Å². The lowest BCUT2D eigenvalue weighted by Gasteiger charge is -2.15. The van der Waals surface area contributed by atoms with E-state index in [1.807, 2.05) is 56.6 Å². The van der Waals surface area contributed by atoms with E-state index in [9.17, 15) is 4.79 Å². The van der Waals surface area contributed by atoms with Gasteiger partial charge in [0.05, 0.1) is 30.7 Å². The number of hydrogen-bond donors (Lipinski definition) is 0. The molecule has 0 aliphatic heterocycles. The molecule has 0 unspecified atom stereocenters. The predicted octanol–water partition coefficient (Wildman–Crippen LogP) is 4.18. The standard InChI is InChI=1S/C24H26N4O2/c1-14-7-9-19(10-8-14)28-24-22(18(5)26-28)15(2)11-21(29)27(24)13-20-17(4)23(30-6)16(3)12-25-20/h7-12H,13H2,1-6H3. The van der Waals surface area contributed by atoms with Gasteiger partial charge in [-0.25, -0.2) is 4.68 Å². The Bertz CT molecular complexity index is 1310. The molecule has 0 saturated heterocycles. The summed E-state index contributed by atoms with van der Waals surface area (Å²) >= 11 is 0. The highest BCUT2D eigenvalue weighted by molar-refractivity contribution is 5.83. The number of ether oxygens (including phenoxy) is 1. The highest BCUT2D eigenvalue weighted by atomic mass is 16.5. The van der Waals surface area contributed by atoms with Gasteiger partial charge in [0, 0.05) is 28.8 Å². The molecule has 0 saturated carbocycles. The minimum Gasteiger partial charge on any atom is -0.496 e. The largest absolute Gasteiger partial charge is 0.496 e. The van der Waals surface area contributed by atoms with Crippen LogP contribution in [0.1, 0.15) is 33.6 Å². The number of hydrogen-bond acceptors (Lipinski definition) is 4. The normalized spacial score (nSPS) is 11.3. The van der Waals surface area contributed by atoms with Crippen molar-refractivity contribution in [2.75, 3.05) is 7.11 Å². The van der Waals surface area contributed by atoms with Gasteiger partial charge in [-0.05, 0) is 52.3 Å².